The Morgan fingerprint density at radius 1 is 1.30 bits per heavy atom. The van der Waals surface area contributed by atoms with E-state index in [9.17, 15) is 4.79 Å². The number of rotatable bonds is 5. The average Bonchev–Trinajstić information content (AvgIpc) is 3.19. The SMILES string of the molecule is CC(CC(=O)Nc1cc(-c2ccccc2)no1)N1CCCC1.Cl. The highest BCUT2D eigenvalue weighted by Gasteiger charge is 2.21. The summed E-state index contributed by atoms with van der Waals surface area (Å²) in [6, 6.07) is 11.8. The second kappa shape index (κ2) is 8.13. The van der Waals surface area contributed by atoms with E-state index in [1.165, 1.54) is 12.8 Å². The van der Waals surface area contributed by atoms with E-state index in [1.54, 1.807) is 6.07 Å². The molecule has 3 rings (SSSR count). The van der Waals surface area contributed by atoms with Gasteiger partial charge in [-0.1, -0.05) is 35.5 Å². The zero-order chi connectivity index (χ0) is 15.4. The Hall–Kier alpha value is -1.85. The third-order valence-corrected chi connectivity index (χ3v) is 4.09. The maximum atomic E-state index is 12.1. The average molecular weight is 336 g/mol. The van der Waals surface area contributed by atoms with Gasteiger partial charge in [0.05, 0.1) is 0 Å². The van der Waals surface area contributed by atoms with Crippen molar-refractivity contribution in [3.63, 3.8) is 0 Å². The molecule has 0 bridgehead atoms. The summed E-state index contributed by atoms with van der Waals surface area (Å²) in [6.45, 7) is 4.28. The molecule has 0 spiro atoms. The molecular formula is C17H22ClN3O2. The standard InChI is InChI=1S/C17H21N3O2.ClH/c1-13(20-9-5-6-10-20)11-16(21)18-17-12-15(19-22-17)14-7-3-2-4-8-14;/h2-4,7-8,12-13H,5-6,9-11H2,1H3,(H,18,21);1H. The molecule has 124 valence electrons. The summed E-state index contributed by atoms with van der Waals surface area (Å²) in [5.74, 6) is 0.368. The van der Waals surface area contributed by atoms with E-state index in [0.717, 1.165) is 24.3 Å². The smallest absolute Gasteiger partial charge is 0.231 e. The monoisotopic (exact) mass is 335 g/mol. The van der Waals surface area contributed by atoms with Crippen molar-refractivity contribution < 1.29 is 9.32 Å². The highest BCUT2D eigenvalue weighted by atomic mass is 35.5. The van der Waals surface area contributed by atoms with Crippen molar-refractivity contribution in [2.45, 2.75) is 32.2 Å². The topological polar surface area (TPSA) is 58.4 Å². The Labute approximate surface area is 142 Å². The van der Waals surface area contributed by atoms with Crippen molar-refractivity contribution in [2.24, 2.45) is 0 Å². The first-order chi connectivity index (χ1) is 10.7. The molecule has 6 heteroatoms. The lowest BCUT2D eigenvalue weighted by Gasteiger charge is -2.22. The summed E-state index contributed by atoms with van der Waals surface area (Å²) in [5.41, 5.74) is 1.70. The van der Waals surface area contributed by atoms with Crippen LogP contribution in [0.25, 0.3) is 11.3 Å². The maximum Gasteiger partial charge on any atom is 0.231 e. The second-order valence-electron chi connectivity index (χ2n) is 5.79. The zero-order valence-electron chi connectivity index (χ0n) is 13.2. The van der Waals surface area contributed by atoms with Gasteiger partial charge in [0.25, 0.3) is 0 Å². The molecule has 1 aromatic heterocycles. The maximum absolute atomic E-state index is 12.1. The van der Waals surface area contributed by atoms with Gasteiger partial charge in [0.2, 0.25) is 11.8 Å². The molecular weight excluding hydrogens is 314 g/mol. The molecule has 1 amide bonds. The number of halogens is 1. The van der Waals surface area contributed by atoms with E-state index in [2.05, 4.69) is 22.3 Å². The predicted molar refractivity (Wildman–Crippen MR) is 92.7 cm³/mol. The third kappa shape index (κ3) is 4.56. The van der Waals surface area contributed by atoms with E-state index in [0.29, 0.717) is 12.3 Å². The van der Waals surface area contributed by atoms with Gasteiger partial charge in [-0.15, -0.1) is 12.4 Å². The van der Waals surface area contributed by atoms with Gasteiger partial charge in [0, 0.05) is 24.1 Å². The van der Waals surface area contributed by atoms with E-state index >= 15 is 0 Å². The lowest BCUT2D eigenvalue weighted by atomic mass is 10.1. The van der Waals surface area contributed by atoms with E-state index in [-0.39, 0.29) is 24.4 Å². The van der Waals surface area contributed by atoms with Gasteiger partial charge in [-0.05, 0) is 32.9 Å². The minimum absolute atomic E-state index is 0. The van der Waals surface area contributed by atoms with E-state index in [1.807, 2.05) is 30.3 Å². The Bertz CT molecular complexity index is 624. The summed E-state index contributed by atoms with van der Waals surface area (Å²) in [5, 5.41) is 6.79. The van der Waals surface area contributed by atoms with Crippen LogP contribution in [0.1, 0.15) is 26.2 Å². The largest absolute Gasteiger partial charge is 0.338 e. The van der Waals surface area contributed by atoms with Crippen LogP contribution in [0.2, 0.25) is 0 Å². The Kier molecular flexibility index (Phi) is 6.19. The fourth-order valence-electron chi connectivity index (χ4n) is 2.85. The van der Waals surface area contributed by atoms with Crippen LogP contribution < -0.4 is 5.32 Å². The predicted octanol–water partition coefficient (Wildman–Crippen LogP) is 3.58. The summed E-state index contributed by atoms with van der Waals surface area (Å²) in [4.78, 5) is 14.5. The van der Waals surface area contributed by atoms with Crippen molar-refractivity contribution in [3.05, 3.63) is 36.4 Å². The molecule has 23 heavy (non-hydrogen) atoms. The molecule has 0 aliphatic carbocycles. The van der Waals surface area contributed by atoms with Crippen LogP contribution in [-0.4, -0.2) is 35.1 Å². The van der Waals surface area contributed by atoms with Crippen molar-refractivity contribution in [3.8, 4) is 11.3 Å². The molecule has 1 fully saturated rings. The number of hydrogen-bond acceptors (Lipinski definition) is 4. The highest BCUT2D eigenvalue weighted by Crippen LogP contribution is 2.21. The quantitative estimate of drug-likeness (QED) is 0.907. The van der Waals surface area contributed by atoms with Crippen LogP contribution in [0.4, 0.5) is 5.88 Å². The van der Waals surface area contributed by atoms with Crippen LogP contribution in [0.15, 0.2) is 40.9 Å². The van der Waals surface area contributed by atoms with E-state index in [4.69, 9.17) is 4.52 Å². The summed E-state index contributed by atoms with van der Waals surface area (Å²) >= 11 is 0. The minimum Gasteiger partial charge on any atom is -0.338 e. The molecule has 1 saturated heterocycles. The van der Waals surface area contributed by atoms with Crippen LogP contribution in [0.5, 0.6) is 0 Å². The van der Waals surface area contributed by atoms with Gasteiger partial charge in [0.15, 0.2) is 0 Å². The summed E-state index contributed by atoms with van der Waals surface area (Å²) < 4.78 is 5.20. The fourth-order valence-corrected chi connectivity index (χ4v) is 2.85. The highest BCUT2D eigenvalue weighted by molar-refractivity contribution is 5.90. The molecule has 1 atom stereocenters. The summed E-state index contributed by atoms with van der Waals surface area (Å²) in [7, 11) is 0. The van der Waals surface area contributed by atoms with Gasteiger partial charge in [-0.25, -0.2) is 0 Å². The molecule has 1 aliphatic heterocycles. The van der Waals surface area contributed by atoms with Crippen LogP contribution >= 0.6 is 12.4 Å². The number of aromatic nitrogens is 1. The Balaban J connectivity index is 0.00000192. The van der Waals surface area contributed by atoms with Crippen LogP contribution in [-0.2, 0) is 4.79 Å². The number of hydrogen-bond donors (Lipinski definition) is 1. The first kappa shape index (κ1) is 17.5. The molecule has 1 aliphatic rings. The number of anilines is 1. The lowest BCUT2D eigenvalue weighted by Crippen LogP contribution is -2.33. The Morgan fingerprint density at radius 3 is 2.70 bits per heavy atom. The number of carbonyl (C=O) groups excluding carboxylic acids is 1. The van der Waals surface area contributed by atoms with Crippen LogP contribution in [0.3, 0.4) is 0 Å². The summed E-state index contributed by atoms with van der Waals surface area (Å²) in [6.07, 6.45) is 2.93. The van der Waals surface area contributed by atoms with Crippen molar-refractivity contribution >= 4 is 24.2 Å². The van der Waals surface area contributed by atoms with Gasteiger partial charge < -0.3 is 9.42 Å². The Morgan fingerprint density at radius 2 is 2.00 bits per heavy atom. The second-order valence-corrected chi connectivity index (χ2v) is 5.79. The zero-order valence-corrected chi connectivity index (χ0v) is 14.0. The number of likely N-dealkylation sites (tertiary alicyclic amines) is 1. The van der Waals surface area contributed by atoms with Crippen molar-refractivity contribution in [2.75, 3.05) is 18.4 Å². The molecule has 0 radical (unpaired) electrons. The number of nitrogens with one attached hydrogen (secondary N) is 1. The third-order valence-electron chi connectivity index (χ3n) is 4.09. The van der Waals surface area contributed by atoms with E-state index < -0.39 is 0 Å². The molecule has 5 nitrogen and oxygen atoms in total. The number of nitrogens with zero attached hydrogens (tertiary/aromatic N) is 2. The normalized spacial score (nSPS) is 15.9. The first-order valence-corrected chi connectivity index (χ1v) is 7.78. The van der Waals surface area contributed by atoms with Gasteiger partial charge in [-0.2, -0.15) is 0 Å². The van der Waals surface area contributed by atoms with Crippen LogP contribution in [0, 0.1) is 0 Å². The lowest BCUT2D eigenvalue weighted by molar-refractivity contribution is -0.117. The number of amides is 1. The first-order valence-electron chi connectivity index (χ1n) is 7.78. The number of benzene rings is 1. The molecule has 1 aromatic carbocycles. The van der Waals surface area contributed by atoms with Gasteiger partial charge >= 0.3 is 0 Å². The van der Waals surface area contributed by atoms with Gasteiger partial charge in [0.1, 0.15) is 5.69 Å². The van der Waals surface area contributed by atoms with Gasteiger partial charge in [-0.3, -0.25) is 10.1 Å². The minimum atomic E-state index is -0.0323. The molecule has 2 aromatic rings. The molecule has 0 saturated carbocycles. The molecule has 1 N–H and O–H groups in total. The number of carbonyl (C=O) groups is 1. The molecule has 2 heterocycles. The van der Waals surface area contributed by atoms with Crippen molar-refractivity contribution in [1.29, 1.82) is 0 Å². The molecule has 1 unspecified atom stereocenters. The fraction of sp³-hybridized carbons (Fsp3) is 0.412. The van der Waals surface area contributed by atoms with Crippen molar-refractivity contribution in [1.82, 2.24) is 10.1 Å².